The van der Waals surface area contributed by atoms with Crippen molar-refractivity contribution in [3.05, 3.63) is 21.0 Å². The SMILES string of the molecule is CCCC[C@@H]1CC2[C]([Tl])=C(C3C=C[C@@H](F)CC3)OC23C2C1[C@@H]23. The third-order valence-electron chi connectivity index (χ3n) is 7.15. The van der Waals surface area contributed by atoms with Gasteiger partial charge in [0.1, 0.15) is 0 Å². The Morgan fingerprint density at radius 2 is 2.14 bits per heavy atom. The van der Waals surface area contributed by atoms with E-state index in [0.717, 1.165) is 61.8 Å². The molecular weight excluding hydrogens is 468 g/mol. The second-order valence-electron chi connectivity index (χ2n) is 8.18. The number of hydrogen-bond donors (Lipinski definition) is 0. The molecule has 22 heavy (non-hydrogen) atoms. The van der Waals surface area contributed by atoms with Crippen molar-refractivity contribution in [1.82, 2.24) is 0 Å². The van der Waals surface area contributed by atoms with E-state index in [4.69, 9.17) is 4.74 Å². The molecule has 3 heteroatoms. The molecule has 0 saturated heterocycles. The van der Waals surface area contributed by atoms with Crippen molar-refractivity contribution in [3.8, 4) is 0 Å². The molecule has 0 N–H and O–H groups in total. The Hall–Kier alpha value is 0.132. The molecule has 5 aliphatic carbocycles. The Bertz CT molecular complexity index is 558. The fourth-order valence-corrected chi connectivity index (χ4v) is 8.62. The van der Waals surface area contributed by atoms with Crippen LogP contribution in [0.3, 0.4) is 0 Å². The van der Waals surface area contributed by atoms with E-state index in [1.54, 1.807) is 9.21 Å². The van der Waals surface area contributed by atoms with Gasteiger partial charge in [-0.1, -0.05) is 0 Å². The molecule has 5 unspecified atom stereocenters. The average Bonchev–Trinajstić information content (AvgIpc) is 3.40. The zero-order chi connectivity index (χ0) is 15.1. The molecule has 116 valence electrons. The van der Waals surface area contributed by atoms with Crippen LogP contribution in [0.4, 0.5) is 4.39 Å². The molecule has 6 aliphatic rings. The Kier molecular flexibility index (Phi) is 3.17. The van der Waals surface area contributed by atoms with E-state index in [9.17, 15) is 4.39 Å². The first-order valence-corrected chi connectivity index (χ1v) is 11.4. The first-order chi connectivity index (χ1) is 10.7. The molecule has 6 rings (SSSR count). The summed E-state index contributed by atoms with van der Waals surface area (Å²) in [5, 5.41) is 0. The summed E-state index contributed by atoms with van der Waals surface area (Å²) in [5.41, 5.74) is 0.271. The molecule has 0 radical (unpaired) electrons. The molecule has 0 aromatic heterocycles. The molecule has 8 atom stereocenters. The third-order valence-corrected chi connectivity index (χ3v) is 9.82. The molecule has 1 nitrogen and oxygen atoms in total. The number of allylic oxidation sites excluding steroid dienone is 2. The normalized spacial score (nSPS) is 53.8. The fourth-order valence-electron chi connectivity index (χ4n) is 6.02. The quantitative estimate of drug-likeness (QED) is 0.424. The average molecular weight is 492 g/mol. The van der Waals surface area contributed by atoms with E-state index in [0.29, 0.717) is 12.3 Å². The Morgan fingerprint density at radius 1 is 1.32 bits per heavy atom. The first-order valence-electron chi connectivity index (χ1n) is 9.19. The minimum atomic E-state index is -0.726. The van der Waals surface area contributed by atoms with Gasteiger partial charge in [0, 0.05) is 0 Å². The standard InChI is InChI=1S/C19H24FO.Tl/c1-2-3-4-12-9-13-10-15(11-5-7-14(20)8-6-11)21-19(13)17-16(12)18(17)19;/h5,7,11-14,16-18H,2-4,6,8-9H2,1H3;/t11?,12-,13?,14-,16?,17+,18?,19?;/m1./s1. The molecule has 4 saturated carbocycles. The van der Waals surface area contributed by atoms with Crippen LogP contribution in [-0.4, -0.2) is 37.5 Å². The van der Waals surface area contributed by atoms with Gasteiger partial charge in [-0.2, -0.15) is 0 Å². The van der Waals surface area contributed by atoms with Gasteiger partial charge in [-0.3, -0.25) is 0 Å². The van der Waals surface area contributed by atoms with Crippen molar-refractivity contribution in [2.45, 2.75) is 57.2 Å². The summed E-state index contributed by atoms with van der Waals surface area (Å²) in [6, 6.07) is 0. The van der Waals surface area contributed by atoms with Gasteiger partial charge < -0.3 is 0 Å². The number of rotatable bonds is 4. The Labute approximate surface area is 148 Å². The van der Waals surface area contributed by atoms with E-state index in [1.807, 2.05) is 0 Å². The summed E-state index contributed by atoms with van der Waals surface area (Å²) in [5.74, 6) is 6.25. The van der Waals surface area contributed by atoms with Crippen LogP contribution in [0.1, 0.15) is 45.4 Å². The molecule has 4 fully saturated rings. The van der Waals surface area contributed by atoms with Crippen LogP contribution < -0.4 is 0 Å². The summed E-state index contributed by atoms with van der Waals surface area (Å²) in [4.78, 5) is 0. The van der Waals surface area contributed by atoms with E-state index in [-0.39, 0.29) is 5.60 Å². The first kappa shape index (κ1) is 14.5. The van der Waals surface area contributed by atoms with Gasteiger partial charge in [0.15, 0.2) is 0 Å². The minimum absolute atomic E-state index is 0.271. The second kappa shape index (κ2) is 4.82. The molecule has 2 bridgehead atoms. The summed E-state index contributed by atoms with van der Waals surface area (Å²) in [7, 11) is 0. The summed E-state index contributed by atoms with van der Waals surface area (Å²) >= 11 is 0.893. The molecular formula is C19H24FOTl. The van der Waals surface area contributed by atoms with Crippen molar-refractivity contribution in [1.29, 1.82) is 0 Å². The van der Waals surface area contributed by atoms with Crippen LogP contribution in [-0.2, 0) is 4.74 Å². The van der Waals surface area contributed by atoms with Crippen LogP contribution in [0, 0.1) is 35.5 Å². The predicted octanol–water partition coefficient (Wildman–Crippen LogP) is 4.14. The van der Waals surface area contributed by atoms with Gasteiger partial charge in [0.25, 0.3) is 0 Å². The predicted molar refractivity (Wildman–Crippen MR) is 84.9 cm³/mol. The Morgan fingerprint density at radius 3 is 2.82 bits per heavy atom. The second-order valence-corrected chi connectivity index (χ2v) is 10.6. The summed E-state index contributed by atoms with van der Waals surface area (Å²) in [6.07, 6.45) is 10.3. The fraction of sp³-hybridized carbons (Fsp3) is 0.789. The van der Waals surface area contributed by atoms with E-state index < -0.39 is 6.17 Å². The summed E-state index contributed by atoms with van der Waals surface area (Å²) < 4.78 is 21.7. The number of hydrogen-bond acceptors (Lipinski definition) is 1. The number of ether oxygens (including phenoxy) is 1. The monoisotopic (exact) mass is 492 g/mol. The summed E-state index contributed by atoms with van der Waals surface area (Å²) in [6.45, 7) is 2.31. The van der Waals surface area contributed by atoms with Gasteiger partial charge >= 0.3 is 149 Å². The van der Waals surface area contributed by atoms with Crippen LogP contribution in [0.15, 0.2) is 21.0 Å². The van der Waals surface area contributed by atoms with Crippen molar-refractivity contribution >= 4 is 25.8 Å². The van der Waals surface area contributed by atoms with Gasteiger partial charge in [0.05, 0.1) is 0 Å². The molecule has 0 aromatic carbocycles. The third kappa shape index (κ3) is 1.74. The van der Waals surface area contributed by atoms with Crippen LogP contribution in [0.2, 0.25) is 0 Å². The van der Waals surface area contributed by atoms with E-state index >= 15 is 0 Å². The molecule has 1 aliphatic heterocycles. The maximum atomic E-state index is 13.4. The number of unbranched alkanes of at least 4 members (excludes halogenated alkanes) is 1. The van der Waals surface area contributed by atoms with Crippen molar-refractivity contribution in [3.63, 3.8) is 0 Å². The topological polar surface area (TPSA) is 9.23 Å². The number of fused-ring (bicyclic) bond motifs is 1. The number of alkyl halides is 1. The van der Waals surface area contributed by atoms with Crippen molar-refractivity contribution in [2.75, 3.05) is 0 Å². The van der Waals surface area contributed by atoms with Crippen molar-refractivity contribution in [2.24, 2.45) is 35.5 Å². The zero-order valence-corrected chi connectivity index (χ0v) is 17.8. The van der Waals surface area contributed by atoms with Gasteiger partial charge in [0.2, 0.25) is 0 Å². The van der Waals surface area contributed by atoms with Gasteiger partial charge in [-0.05, 0) is 0 Å². The molecule has 1 spiro atoms. The van der Waals surface area contributed by atoms with Crippen molar-refractivity contribution < 1.29 is 9.13 Å². The zero-order valence-electron chi connectivity index (χ0n) is 13.3. The van der Waals surface area contributed by atoms with Gasteiger partial charge in [-0.15, -0.1) is 0 Å². The number of halogens is 1. The molecule has 1 heterocycles. The van der Waals surface area contributed by atoms with Crippen LogP contribution in [0.25, 0.3) is 0 Å². The van der Waals surface area contributed by atoms with Crippen LogP contribution in [0.5, 0.6) is 0 Å². The molecule has 0 aromatic rings. The van der Waals surface area contributed by atoms with E-state index in [1.165, 1.54) is 31.4 Å². The maximum absolute atomic E-state index is 13.4. The Balaban J connectivity index is 1.37. The van der Waals surface area contributed by atoms with Gasteiger partial charge in [-0.25, -0.2) is 0 Å². The molecule has 0 amide bonds. The van der Waals surface area contributed by atoms with Crippen LogP contribution >= 0.6 is 0 Å². The van der Waals surface area contributed by atoms with E-state index in [2.05, 4.69) is 13.0 Å².